The van der Waals surface area contributed by atoms with Crippen LogP contribution in [0.4, 0.5) is 17.1 Å². The number of ether oxygens (including phenoxy) is 1. The van der Waals surface area contributed by atoms with Crippen LogP contribution in [0.2, 0.25) is 0 Å². The van der Waals surface area contributed by atoms with Crippen LogP contribution >= 0.6 is 0 Å². The number of rotatable bonds is 7. The van der Waals surface area contributed by atoms with E-state index in [0.717, 1.165) is 17.3 Å². The molecule has 9 nitrogen and oxygen atoms in total. The number of nitrogens with two attached hydrogens (primary N) is 1. The summed E-state index contributed by atoms with van der Waals surface area (Å²) in [6.45, 7) is -0.143. The van der Waals surface area contributed by atoms with Gasteiger partial charge in [-0.3, -0.25) is 14.9 Å². The predicted molar refractivity (Wildman–Crippen MR) is 105 cm³/mol. The Kier molecular flexibility index (Phi) is 6.54. The number of non-ortho nitro benzene ring substituents is 1. The Labute approximate surface area is 162 Å². The molecule has 9 heteroatoms. The molecular weight excluding hydrogens is 364 g/mol. The molecule has 0 fully saturated rings. The van der Waals surface area contributed by atoms with Gasteiger partial charge >= 0.3 is 5.97 Å². The van der Waals surface area contributed by atoms with E-state index in [2.05, 4.69) is 0 Å². The fraction of sp³-hybridized carbons (Fsp3) is 0.263. The van der Waals surface area contributed by atoms with Gasteiger partial charge in [-0.25, -0.2) is 4.79 Å². The van der Waals surface area contributed by atoms with E-state index in [1.165, 1.54) is 17.0 Å². The van der Waals surface area contributed by atoms with Crippen LogP contribution in [0.25, 0.3) is 0 Å². The molecule has 2 N–H and O–H groups in total. The number of hydrogen-bond acceptors (Lipinski definition) is 7. The lowest BCUT2D eigenvalue weighted by molar-refractivity contribution is -0.384. The third kappa shape index (κ3) is 5.19. The zero-order valence-electron chi connectivity index (χ0n) is 15.9. The topological polar surface area (TPSA) is 119 Å². The van der Waals surface area contributed by atoms with Crippen LogP contribution in [0.1, 0.15) is 15.9 Å². The highest BCUT2D eigenvalue weighted by Gasteiger charge is 2.19. The Morgan fingerprint density at radius 1 is 1.11 bits per heavy atom. The monoisotopic (exact) mass is 386 g/mol. The third-order valence-electron chi connectivity index (χ3n) is 4.09. The molecule has 2 rings (SSSR count). The Morgan fingerprint density at radius 2 is 1.75 bits per heavy atom. The van der Waals surface area contributed by atoms with E-state index >= 15 is 0 Å². The molecule has 28 heavy (non-hydrogen) atoms. The number of carbonyl (C=O) groups excluding carboxylic acids is 2. The summed E-state index contributed by atoms with van der Waals surface area (Å²) in [4.78, 5) is 37.9. The van der Waals surface area contributed by atoms with E-state index in [0.29, 0.717) is 6.54 Å². The summed E-state index contributed by atoms with van der Waals surface area (Å²) in [5, 5.41) is 10.8. The number of anilines is 2. The highest BCUT2D eigenvalue weighted by Crippen LogP contribution is 2.20. The average Bonchev–Trinajstić information content (AvgIpc) is 2.66. The Bertz CT molecular complexity index is 880. The SMILES string of the molecule is CN(Cc1ccc(N(C)C)cc1)C(=O)COC(=O)c1cc([N+](=O)[O-])ccc1N. The lowest BCUT2D eigenvalue weighted by Crippen LogP contribution is -2.31. The molecule has 0 aliphatic rings. The van der Waals surface area contributed by atoms with Gasteiger partial charge in [0.15, 0.2) is 6.61 Å². The largest absolute Gasteiger partial charge is 0.452 e. The van der Waals surface area contributed by atoms with Crippen molar-refractivity contribution in [1.29, 1.82) is 0 Å². The molecule has 0 saturated carbocycles. The standard InChI is InChI=1S/C19H22N4O5/c1-21(2)14-6-4-13(5-7-14)11-22(3)18(24)12-28-19(25)16-10-15(23(26)27)8-9-17(16)20/h4-10H,11-12,20H2,1-3H3. The van der Waals surface area contributed by atoms with E-state index in [1.807, 2.05) is 43.3 Å². The number of hydrogen-bond donors (Lipinski definition) is 1. The van der Waals surface area contributed by atoms with Gasteiger partial charge in [-0.2, -0.15) is 0 Å². The van der Waals surface area contributed by atoms with Crippen LogP contribution in [-0.2, 0) is 16.1 Å². The summed E-state index contributed by atoms with van der Waals surface area (Å²) in [5.74, 6) is -1.30. The third-order valence-corrected chi connectivity index (χ3v) is 4.09. The molecule has 148 valence electrons. The van der Waals surface area contributed by atoms with Crippen molar-refractivity contribution in [2.24, 2.45) is 0 Å². The first-order valence-electron chi connectivity index (χ1n) is 8.40. The molecule has 0 saturated heterocycles. The van der Waals surface area contributed by atoms with E-state index in [9.17, 15) is 19.7 Å². The van der Waals surface area contributed by atoms with Crippen molar-refractivity contribution in [3.63, 3.8) is 0 Å². The fourth-order valence-corrected chi connectivity index (χ4v) is 2.41. The maximum atomic E-state index is 12.2. The number of nitrogens with zero attached hydrogens (tertiary/aromatic N) is 3. The first-order valence-corrected chi connectivity index (χ1v) is 8.40. The molecule has 2 aromatic carbocycles. The summed E-state index contributed by atoms with van der Waals surface area (Å²) >= 11 is 0. The van der Waals surface area contributed by atoms with Gasteiger partial charge in [0, 0.05) is 51.2 Å². The normalized spacial score (nSPS) is 10.2. The van der Waals surface area contributed by atoms with Crippen molar-refractivity contribution in [2.45, 2.75) is 6.54 Å². The van der Waals surface area contributed by atoms with E-state index in [4.69, 9.17) is 10.5 Å². The highest BCUT2D eigenvalue weighted by atomic mass is 16.6. The number of nitro groups is 1. The number of likely N-dealkylation sites (N-methyl/N-ethyl adjacent to an activating group) is 1. The highest BCUT2D eigenvalue weighted by molar-refractivity contribution is 5.97. The second-order valence-electron chi connectivity index (χ2n) is 6.42. The Morgan fingerprint density at radius 3 is 2.32 bits per heavy atom. The van der Waals surface area contributed by atoms with Crippen molar-refractivity contribution < 1.29 is 19.2 Å². The minimum Gasteiger partial charge on any atom is -0.452 e. The smallest absolute Gasteiger partial charge is 0.341 e. The first-order chi connectivity index (χ1) is 13.2. The van der Waals surface area contributed by atoms with Gasteiger partial charge in [0.1, 0.15) is 0 Å². The van der Waals surface area contributed by atoms with E-state index in [1.54, 1.807) is 7.05 Å². The van der Waals surface area contributed by atoms with E-state index < -0.39 is 23.4 Å². The maximum absolute atomic E-state index is 12.2. The van der Waals surface area contributed by atoms with Gasteiger partial charge in [0.25, 0.3) is 11.6 Å². The molecule has 2 aromatic rings. The van der Waals surface area contributed by atoms with Crippen LogP contribution in [0.5, 0.6) is 0 Å². The van der Waals surface area contributed by atoms with Gasteiger partial charge in [-0.1, -0.05) is 12.1 Å². The van der Waals surface area contributed by atoms with Crippen LogP contribution in [0.15, 0.2) is 42.5 Å². The lowest BCUT2D eigenvalue weighted by atomic mass is 10.1. The van der Waals surface area contributed by atoms with Crippen molar-refractivity contribution >= 4 is 28.9 Å². The van der Waals surface area contributed by atoms with Crippen LogP contribution in [0, 0.1) is 10.1 Å². The van der Waals surface area contributed by atoms with Crippen molar-refractivity contribution in [3.8, 4) is 0 Å². The van der Waals surface area contributed by atoms with Crippen molar-refractivity contribution in [1.82, 2.24) is 4.90 Å². The molecule has 0 heterocycles. The number of esters is 1. The van der Waals surface area contributed by atoms with E-state index in [-0.39, 0.29) is 16.9 Å². The second-order valence-corrected chi connectivity index (χ2v) is 6.42. The number of nitro benzene ring substituents is 1. The lowest BCUT2D eigenvalue weighted by Gasteiger charge is -2.18. The summed E-state index contributed by atoms with van der Waals surface area (Å²) in [6.07, 6.45) is 0. The number of amides is 1. The van der Waals surface area contributed by atoms with Crippen molar-refractivity contribution in [3.05, 3.63) is 63.7 Å². The van der Waals surface area contributed by atoms with Gasteiger partial charge in [-0.15, -0.1) is 0 Å². The molecule has 0 atom stereocenters. The fourth-order valence-electron chi connectivity index (χ4n) is 2.41. The average molecular weight is 386 g/mol. The zero-order valence-corrected chi connectivity index (χ0v) is 15.9. The minimum absolute atomic E-state index is 0.0392. The maximum Gasteiger partial charge on any atom is 0.341 e. The molecule has 1 amide bonds. The van der Waals surface area contributed by atoms with Crippen LogP contribution in [-0.4, -0.2) is 49.4 Å². The molecule has 0 aromatic heterocycles. The Balaban J connectivity index is 1.94. The summed E-state index contributed by atoms with van der Waals surface area (Å²) < 4.78 is 4.98. The van der Waals surface area contributed by atoms with Crippen molar-refractivity contribution in [2.75, 3.05) is 38.4 Å². The van der Waals surface area contributed by atoms with Crippen LogP contribution < -0.4 is 10.6 Å². The summed E-state index contributed by atoms with van der Waals surface area (Å²) in [5.41, 5.74) is 7.24. The predicted octanol–water partition coefficient (Wildman–Crippen LogP) is 2.06. The summed E-state index contributed by atoms with van der Waals surface area (Å²) in [6, 6.07) is 11.2. The minimum atomic E-state index is -0.890. The molecular formula is C19H22N4O5. The number of benzene rings is 2. The molecule has 0 spiro atoms. The van der Waals surface area contributed by atoms with Gasteiger partial charge in [0.05, 0.1) is 10.5 Å². The molecule has 0 bridgehead atoms. The second kappa shape index (κ2) is 8.85. The number of carbonyl (C=O) groups is 2. The van der Waals surface area contributed by atoms with Gasteiger partial charge in [0.2, 0.25) is 0 Å². The number of nitrogen functional groups attached to an aromatic ring is 1. The molecule has 0 aliphatic heterocycles. The summed E-state index contributed by atoms with van der Waals surface area (Å²) in [7, 11) is 5.47. The molecule has 0 radical (unpaired) electrons. The zero-order chi connectivity index (χ0) is 20.8. The molecule has 0 unspecified atom stereocenters. The first kappa shape index (κ1) is 20.7. The quantitative estimate of drug-likeness (QED) is 0.335. The van der Waals surface area contributed by atoms with Gasteiger partial charge < -0.3 is 20.3 Å². The Hall–Kier alpha value is -3.62. The van der Waals surface area contributed by atoms with Gasteiger partial charge in [-0.05, 0) is 23.8 Å². The molecule has 0 aliphatic carbocycles. The van der Waals surface area contributed by atoms with Crippen LogP contribution in [0.3, 0.4) is 0 Å².